The number of carbonyl (C=O) groups excluding carboxylic acids is 4. The van der Waals surface area contributed by atoms with Crippen LogP contribution in [0.2, 0.25) is 0 Å². The smallest absolute Gasteiger partial charge is 0.408 e. The van der Waals surface area contributed by atoms with Crippen LogP contribution < -0.4 is 5.32 Å². The Labute approximate surface area is 152 Å². The summed E-state index contributed by atoms with van der Waals surface area (Å²) in [6.07, 6.45) is -0.0866. The molecule has 0 aromatic rings. The maximum atomic E-state index is 12.2. The molecule has 0 aromatic carbocycles. The number of ether oxygens (including phenoxy) is 2. The van der Waals surface area contributed by atoms with Gasteiger partial charge >= 0.3 is 24.0 Å². The van der Waals surface area contributed by atoms with E-state index in [-0.39, 0.29) is 5.92 Å². The van der Waals surface area contributed by atoms with Gasteiger partial charge in [0.2, 0.25) is 0 Å². The fourth-order valence-corrected chi connectivity index (χ4v) is 1.69. The molecule has 0 unspecified atom stereocenters. The molecule has 9 nitrogen and oxygen atoms in total. The van der Waals surface area contributed by atoms with Crippen molar-refractivity contribution in [1.29, 1.82) is 0 Å². The standard InChI is InChI=1S/C17H27NO8/c1-16(2,3)23-14(21)11(18-15(22)24-17(4,5)6)9-12(19)25-26-13(20)10-7-8-10/h10-11H,7-9H2,1-6H3,(H,18,22)/t11-/m0/s1. The van der Waals surface area contributed by atoms with Crippen LogP contribution in [0.15, 0.2) is 0 Å². The number of hydrogen-bond donors (Lipinski definition) is 1. The fraction of sp³-hybridized carbons (Fsp3) is 0.765. The Morgan fingerprint density at radius 1 is 0.923 bits per heavy atom. The lowest BCUT2D eigenvalue weighted by Gasteiger charge is -2.25. The van der Waals surface area contributed by atoms with E-state index in [1.54, 1.807) is 41.5 Å². The van der Waals surface area contributed by atoms with Crippen LogP contribution in [0.5, 0.6) is 0 Å². The normalized spacial score (nSPS) is 15.5. The van der Waals surface area contributed by atoms with Crippen LogP contribution in [0.3, 0.4) is 0 Å². The van der Waals surface area contributed by atoms with Crippen molar-refractivity contribution in [1.82, 2.24) is 5.32 Å². The van der Waals surface area contributed by atoms with Gasteiger partial charge in [0.1, 0.15) is 17.2 Å². The summed E-state index contributed by atoms with van der Waals surface area (Å²) in [6, 6.07) is -1.35. The van der Waals surface area contributed by atoms with Gasteiger partial charge in [-0.25, -0.2) is 29.0 Å². The monoisotopic (exact) mass is 373 g/mol. The fourth-order valence-electron chi connectivity index (χ4n) is 1.69. The van der Waals surface area contributed by atoms with Gasteiger partial charge in [0, 0.05) is 0 Å². The first-order valence-corrected chi connectivity index (χ1v) is 8.40. The number of nitrogens with one attached hydrogen (secondary N) is 1. The van der Waals surface area contributed by atoms with E-state index in [2.05, 4.69) is 15.1 Å². The number of amides is 1. The Hall–Kier alpha value is -2.32. The third kappa shape index (κ3) is 9.24. The van der Waals surface area contributed by atoms with Crippen LogP contribution in [0.4, 0.5) is 4.79 Å². The van der Waals surface area contributed by atoms with Crippen molar-refractivity contribution in [2.45, 2.75) is 78.0 Å². The minimum atomic E-state index is -1.35. The largest absolute Gasteiger partial charge is 0.458 e. The van der Waals surface area contributed by atoms with E-state index in [0.717, 1.165) is 0 Å². The first kappa shape index (κ1) is 21.7. The molecule has 1 aliphatic carbocycles. The van der Waals surface area contributed by atoms with E-state index in [1.807, 2.05) is 0 Å². The van der Waals surface area contributed by atoms with Gasteiger partial charge in [-0.2, -0.15) is 0 Å². The highest BCUT2D eigenvalue weighted by Crippen LogP contribution is 2.30. The quantitative estimate of drug-likeness (QED) is 0.442. The molecule has 0 bridgehead atoms. The molecule has 1 N–H and O–H groups in total. The van der Waals surface area contributed by atoms with Gasteiger partial charge in [-0.1, -0.05) is 0 Å². The second-order valence-corrected chi connectivity index (χ2v) is 8.07. The summed E-state index contributed by atoms with van der Waals surface area (Å²) in [5.74, 6) is -2.71. The first-order valence-electron chi connectivity index (χ1n) is 8.40. The molecule has 0 aromatic heterocycles. The van der Waals surface area contributed by atoms with E-state index in [9.17, 15) is 19.2 Å². The highest BCUT2D eigenvalue weighted by molar-refractivity contribution is 5.86. The van der Waals surface area contributed by atoms with Crippen LogP contribution in [-0.2, 0) is 33.6 Å². The lowest BCUT2D eigenvalue weighted by molar-refractivity contribution is -0.260. The number of esters is 1. The molecule has 9 heteroatoms. The second-order valence-electron chi connectivity index (χ2n) is 8.07. The van der Waals surface area contributed by atoms with Crippen LogP contribution in [0, 0.1) is 5.92 Å². The Bertz CT molecular complexity index is 554. The predicted octanol–water partition coefficient (Wildman–Crippen LogP) is 2.02. The Morgan fingerprint density at radius 3 is 1.92 bits per heavy atom. The minimum absolute atomic E-state index is 0.246. The van der Waals surface area contributed by atoms with Crippen LogP contribution >= 0.6 is 0 Å². The predicted molar refractivity (Wildman–Crippen MR) is 88.5 cm³/mol. The van der Waals surface area contributed by atoms with Crippen molar-refractivity contribution in [2.75, 3.05) is 0 Å². The summed E-state index contributed by atoms with van der Waals surface area (Å²) in [6.45, 7) is 9.89. The van der Waals surface area contributed by atoms with Gasteiger partial charge < -0.3 is 14.8 Å². The van der Waals surface area contributed by atoms with E-state index in [1.165, 1.54) is 0 Å². The van der Waals surface area contributed by atoms with Gasteiger partial charge in [-0.05, 0) is 54.4 Å². The van der Waals surface area contributed by atoms with Gasteiger partial charge in [0.05, 0.1) is 12.3 Å². The third-order valence-corrected chi connectivity index (χ3v) is 2.88. The minimum Gasteiger partial charge on any atom is -0.458 e. The molecule has 0 radical (unpaired) electrons. The molecule has 1 atom stereocenters. The second kappa shape index (κ2) is 8.37. The topological polar surface area (TPSA) is 117 Å². The van der Waals surface area contributed by atoms with Gasteiger partial charge in [0.25, 0.3) is 0 Å². The highest BCUT2D eigenvalue weighted by Gasteiger charge is 2.35. The van der Waals surface area contributed by atoms with Gasteiger partial charge in [0.15, 0.2) is 0 Å². The number of hydrogen-bond acceptors (Lipinski definition) is 8. The molecule has 148 valence electrons. The van der Waals surface area contributed by atoms with Gasteiger partial charge in [-0.15, -0.1) is 0 Å². The maximum absolute atomic E-state index is 12.2. The van der Waals surface area contributed by atoms with Crippen molar-refractivity contribution in [3.8, 4) is 0 Å². The molecule has 1 rings (SSSR count). The average molecular weight is 373 g/mol. The summed E-state index contributed by atoms with van der Waals surface area (Å²) in [4.78, 5) is 56.2. The summed E-state index contributed by atoms with van der Waals surface area (Å²) < 4.78 is 10.3. The molecule has 0 aliphatic heterocycles. The Balaban J connectivity index is 2.65. The number of alkyl carbamates (subject to hydrolysis) is 1. The van der Waals surface area contributed by atoms with Crippen LogP contribution in [0.25, 0.3) is 0 Å². The van der Waals surface area contributed by atoms with E-state index >= 15 is 0 Å². The zero-order valence-corrected chi connectivity index (χ0v) is 16.0. The van der Waals surface area contributed by atoms with Crippen LogP contribution in [0.1, 0.15) is 60.8 Å². The molecule has 0 spiro atoms. The number of rotatable bonds is 5. The van der Waals surface area contributed by atoms with E-state index < -0.39 is 47.7 Å². The lowest BCUT2D eigenvalue weighted by Crippen LogP contribution is -2.47. The average Bonchev–Trinajstić information content (AvgIpc) is 3.24. The van der Waals surface area contributed by atoms with Crippen molar-refractivity contribution in [3.05, 3.63) is 0 Å². The summed E-state index contributed by atoms with van der Waals surface area (Å²) >= 11 is 0. The maximum Gasteiger partial charge on any atom is 0.408 e. The molecule has 1 aliphatic rings. The first-order chi connectivity index (χ1) is 11.8. The van der Waals surface area contributed by atoms with Crippen molar-refractivity contribution in [3.63, 3.8) is 0 Å². The van der Waals surface area contributed by atoms with Crippen molar-refractivity contribution in [2.24, 2.45) is 5.92 Å². The highest BCUT2D eigenvalue weighted by atomic mass is 17.2. The Kier molecular flexibility index (Phi) is 7.00. The zero-order valence-electron chi connectivity index (χ0n) is 16.0. The summed E-state index contributed by atoms with van der Waals surface area (Å²) in [5, 5.41) is 2.27. The van der Waals surface area contributed by atoms with Crippen molar-refractivity contribution >= 4 is 24.0 Å². The summed E-state index contributed by atoms with van der Waals surface area (Å²) in [5.41, 5.74) is -1.61. The SMILES string of the molecule is CC(C)(C)OC(=O)N[C@@H](CC(=O)OOC(=O)C1CC1)C(=O)OC(C)(C)C. The molecule has 1 amide bonds. The molecule has 0 saturated heterocycles. The molecular formula is C17H27NO8. The molecule has 26 heavy (non-hydrogen) atoms. The molecular weight excluding hydrogens is 346 g/mol. The zero-order chi connectivity index (χ0) is 20.1. The third-order valence-electron chi connectivity index (χ3n) is 2.88. The Morgan fingerprint density at radius 2 is 1.46 bits per heavy atom. The summed E-state index contributed by atoms with van der Waals surface area (Å²) in [7, 11) is 0. The van der Waals surface area contributed by atoms with E-state index in [0.29, 0.717) is 12.8 Å². The number of carbonyl (C=O) groups is 4. The van der Waals surface area contributed by atoms with Gasteiger partial charge in [-0.3, -0.25) is 0 Å². The molecule has 1 saturated carbocycles. The molecule has 0 heterocycles. The van der Waals surface area contributed by atoms with E-state index in [4.69, 9.17) is 9.47 Å². The van der Waals surface area contributed by atoms with Crippen LogP contribution in [-0.4, -0.2) is 41.2 Å². The van der Waals surface area contributed by atoms with Crippen molar-refractivity contribution < 1.29 is 38.4 Å². The lowest BCUT2D eigenvalue weighted by atomic mass is 10.1. The molecule has 1 fully saturated rings.